The minimum atomic E-state index is -0.831. The fourth-order valence-electron chi connectivity index (χ4n) is 6.71. The molecule has 0 bridgehead atoms. The maximum atomic E-state index is 12.3. The molecule has 0 aliphatic heterocycles. The molecule has 4 nitrogen and oxygen atoms in total. The van der Waals surface area contributed by atoms with Gasteiger partial charge >= 0.3 is 0 Å². The monoisotopic (exact) mass is 664 g/mol. The van der Waals surface area contributed by atoms with Crippen LogP contribution in [0.2, 0.25) is 0 Å². The molecule has 0 aromatic heterocycles. The van der Waals surface area contributed by atoms with E-state index >= 15 is 0 Å². The smallest absolute Gasteiger partial charge is 0.220 e. The Balaban J connectivity index is 3.41. The Bertz CT molecular complexity index is 637. The molecular formula is C43H85NO3. The molecule has 0 saturated carbocycles. The van der Waals surface area contributed by atoms with Crippen LogP contribution in [-0.2, 0) is 4.79 Å². The quantitative estimate of drug-likeness (QED) is 0.0453. The van der Waals surface area contributed by atoms with Gasteiger partial charge in [0.05, 0.1) is 18.8 Å². The molecule has 280 valence electrons. The standard InChI is InChI=1S/C43H85NO3/c1-3-5-7-9-11-13-14-15-16-17-18-19-20-21-22-23-24-25-26-27-28-29-31-33-35-37-39-43(47)44-41(40-45)42(46)38-36-34-32-30-12-10-8-6-4-2/h36,38,41-42,45-46H,3-35,37,39-40H2,1-2H3,(H,44,47)/b38-36+/t41-,42+/m0/s1. The van der Waals surface area contributed by atoms with E-state index in [1.807, 2.05) is 6.08 Å². The molecule has 0 rings (SSSR count). The van der Waals surface area contributed by atoms with Crippen LogP contribution in [-0.4, -0.2) is 34.9 Å². The number of aliphatic hydroxyl groups is 2. The minimum absolute atomic E-state index is 0.0621. The molecule has 0 aromatic rings. The first kappa shape index (κ1) is 46.1. The van der Waals surface area contributed by atoms with Crippen LogP contribution in [0.3, 0.4) is 0 Å². The second-order valence-corrected chi connectivity index (χ2v) is 14.8. The second kappa shape index (κ2) is 39.6. The van der Waals surface area contributed by atoms with Crippen LogP contribution >= 0.6 is 0 Å². The van der Waals surface area contributed by atoms with E-state index in [1.54, 1.807) is 6.08 Å². The van der Waals surface area contributed by atoms with Crippen LogP contribution in [0.25, 0.3) is 0 Å². The predicted molar refractivity (Wildman–Crippen MR) is 207 cm³/mol. The average Bonchev–Trinajstić information content (AvgIpc) is 3.07. The van der Waals surface area contributed by atoms with Gasteiger partial charge < -0.3 is 15.5 Å². The maximum Gasteiger partial charge on any atom is 0.220 e. The van der Waals surface area contributed by atoms with E-state index in [4.69, 9.17) is 0 Å². The fraction of sp³-hybridized carbons (Fsp3) is 0.930. The highest BCUT2D eigenvalue weighted by Gasteiger charge is 2.17. The van der Waals surface area contributed by atoms with Crippen LogP contribution in [0.4, 0.5) is 0 Å². The topological polar surface area (TPSA) is 69.6 Å². The molecule has 0 unspecified atom stereocenters. The van der Waals surface area contributed by atoms with Crippen molar-refractivity contribution in [3.63, 3.8) is 0 Å². The van der Waals surface area contributed by atoms with Crippen molar-refractivity contribution in [2.75, 3.05) is 6.61 Å². The first-order chi connectivity index (χ1) is 23.2. The molecular weight excluding hydrogens is 578 g/mol. The zero-order valence-electron chi connectivity index (χ0n) is 32.1. The van der Waals surface area contributed by atoms with Crippen LogP contribution in [0, 0.1) is 0 Å². The van der Waals surface area contributed by atoms with Gasteiger partial charge in [-0.05, 0) is 19.3 Å². The van der Waals surface area contributed by atoms with E-state index in [0.717, 1.165) is 25.7 Å². The third kappa shape index (κ3) is 36.2. The number of carbonyl (C=O) groups excluding carboxylic acids is 1. The lowest BCUT2D eigenvalue weighted by atomic mass is 10.0. The van der Waals surface area contributed by atoms with E-state index in [1.165, 1.54) is 193 Å². The number of hydrogen-bond donors (Lipinski definition) is 3. The summed E-state index contributed by atoms with van der Waals surface area (Å²) >= 11 is 0. The van der Waals surface area contributed by atoms with Crippen molar-refractivity contribution in [3.05, 3.63) is 12.2 Å². The van der Waals surface area contributed by atoms with Crippen molar-refractivity contribution in [1.29, 1.82) is 0 Å². The SMILES string of the molecule is CCCCCCCCC/C=C/[C@@H](O)[C@H](CO)NC(=O)CCCCCCCCCCCCCCCCCCCCCCCCCCCC. The molecule has 0 fully saturated rings. The summed E-state index contributed by atoms with van der Waals surface area (Å²) in [6.45, 7) is 4.29. The van der Waals surface area contributed by atoms with Gasteiger partial charge in [0.2, 0.25) is 5.91 Å². The van der Waals surface area contributed by atoms with Gasteiger partial charge in [-0.2, -0.15) is 0 Å². The third-order valence-electron chi connectivity index (χ3n) is 10.0. The van der Waals surface area contributed by atoms with Gasteiger partial charge in [-0.15, -0.1) is 0 Å². The third-order valence-corrected chi connectivity index (χ3v) is 10.0. The molecule has 0 radical (unpaired) electrons. The normalized spacial score (nSPS) is 13.0. The zero-order valence-corrected chi connectivity index (χ0v) is 32.1. The number of rotatable bonds is 39. The molecule has 47 heavy (non-hydrogen) atoms. The van der Waals surface area contributed by atoms with Gasteiger partial charge in [-0.3, -0.25) is 4.79 Å². The van der Waals surface area contributed by atoms with E-state index in [2.05, 4.69) is 19.2 Å². The Kier molecular flexibility index (Phi) is 38.8. The molecule has 0 heterocycles. The average molecular weight is 664 g/mol. The van der Waals surface area contributed by atoms with Crippen LogP contribution < -0.4 is 5.32 Å². The Hall–Kier alpha value is -0.870. The summed E-state index contributed by atoms with van der Waals surface area (Å²) in [4.78, 5) is 12.3. The molecule has 0 aliphatic carbocycles. The van der Waals surface area contributed by atoms with Gasteiger partial charge in [0.25, 0.3) is 0 Å². The van der Waals surface area contributed by atoms with Gasteiger partial charge in [0.15, 0.2) is 0 Å². The number of unbranched alkanes of at least 4 members (excludes halogenated alkanes) is 32. The Morgan fingerprint density at radius 2 is 0.787 bits per heavy atom. The summed E-state index contributed by atoms with van der Waals surface area (Å²) in [6.07, 6.45) is 49.1. The summed E-state index contributed by atoms with van der Waals surface area (Å²) in [6, 6.07) is -0.614. The second-order valence-electron chi connectivity index (χ2n) is 14.8. The van der Waals surface area contributed by atoms with Crippen LogP contribution in [0.15, 0.2) is 12.2 Å². The number of nitrogens with one attached hydrogen (secondary N) is 1. The first-order valence-electron chi connectivity index (χ1n) is 21.4. The van der Waals surface area contributed by atoms with E-state index in [0.29, 0.717) is 6.42 Å². The van der Waals surface area contributed by atoms with E-state index in [-0.39, 0.29) is 12.5 Å². The molecule has 0 saturated heterocycles. The highest BCUT2D eigenvalue weighted by Crippen LogP contribution is 2.16. The summed E-state index contributed by atoms with van der Waals surface area (Å²) in [5, 5.41) is 22.8. The maximum absolute atomic E-state index is 12.3. The zero-order chi connectivity index (χ0) is 34.3. The fourth-order valence-corrected chi connectivity index (χ4v) is 6.71. The molecule has 4 heteroatoms. The number of aliphatic hydroxyl groups excluding tert-OH is 2. The summed E-state index contributed by atoms with van der Waals surface area (Å²) in [7, 11) is 0. The Morgan fingerprint density at radius 3 is 1.11 bits per heavy atom. The molecule has 1 amide bonds. The summed E-state index contributed by atoms with van der Waals surface area (Å²) in [5.74, 6) is -0.0621. The van der Waals surface area contributed by atoms with Crippen molar-refractivity contribution in [1.82, 2.24) is 5.32 Å². The molecule has 0 spiro atoms. The van der Waals surface area contributed by atoms with Gasteiger partial charge in [-0.1, -0.05) is 225 Å². The predicted octanol–water partition coefficient (Wildman–Crippen LogP) is 13.1. The summed E-state index contributed by atoms with van der Waals surface area (Å²) in [5.41, 5.74) is 0. The number of hydrogen-bond acceptors (Lipinski definition) is 3. The van der Waals surface area contributed by atoms with Crippen molar-refractivity contribution >= 4 is 5.91 Å². The number of allylic oxidation sites excluding steroid dienone is 1. The summed E-state index contributed by atoms with van der Waals surface area (Å²) < 4.78 is 0. The van der Waals surface area contributed by atoms with Crippen molar-refractivity contribution in [3.8, 4) is 0 Å². The van der Waals surface area contributed by atoms with Crippen molar-refractivity contribution in [2.45, 2.75) is 251 Å². The van der Waals surface area contributed by atoms with Gasteiger partial charge in [0.1, 0.15) is 0 Å². The van der Waals surface area contributed by atoms with Crippen LogP contribution in [0.1, 0.15) is 239 Å². The van der Waals surface area contributed by atoms with Gasteiger partial charge in [-0.25, -0.2) is 0 Å². The molecule has 3 N–H and O–H groups in total. The Morgan fingerprint density at radius 1 is 0.489 bits per heavy atom. The highest BCUT2D eigenvalue weighted by molar-refractivity contribution is 5.76. The van der Waals surface area contributed by atoms with E-state index in [9.17, 15) is 15.0 Å². The van der Waals surface area contributed by atoms with E-state index < -0.39 is 12.1 Å². The molecule has 0 aliphatic rings. The van der Waals surface area contributed by atoms with Crippen molar-refractivity contribution < 1.29 is 15.0 Å². The lowest BCUT2D eigenvalue weighted by Gasteiger charge is -2.20. The van der Waals surface area contributed by atoms with Crippen molar-refractivity contribution in [2.24, 2.45) is 0 Å². The number of carbonyl (C=O) groups is 1. The molecule has 0 aromatic carbocycles. The highest BCUT2D eigenvalue weighted by atomic mass is 16.3. The largest absolute Gasteiger partial charge is 0.394 e. The Labute approximate surface area is 295 Å². The van der Waals surface area contributed by atoms with Crippen LogP contribution in [0.5, 0.6) is 0 Å². The lowest BCUT2D eigenvalue weighted by molar-refractivity contribution is -0.123. The number of amides is 1. The molecule has 2 atom stereocenters. The first-order valence-corrected chi connectivity index (χ1v) is 21.4. The lowest BCUT2D eigenvalue weighted by Crippen LogP contribution is -2.45. The minimum Gasteiger partial charge on any atom is -0.394 e. The van der Waals surface area contributed by atoms with Gasteiger partial charge in [0, 0.05) is 6.42 Å².